The Morgan fingerprint density at radius 3 is 2.36 bits per heavy atom. The first-order valence-electron chi connectivity index (χ1n) is 16.3. The quantitative estimate of drug-likeness (QED) is 0.193. The number of para-hydroxylation sites is 3. The molecule has 1 saturated carbocycles. The Labute approximate surface area is 258 Å². The Balaban J connectivity index is 1.46. The number of nitrogens with zero attached hydrogens (tertiary/aromatic N) is 2. The summed E-state index contributed by atoms with van der Waals surface area (Å²) in [5.41, 5.74) is 8.11. The topological polar surface area (TPSA) is 35.1 Å². The highest BCUT2D eigenvalue weighted by molar-refractivity contribution is 6.17. The van der Waals surface area contributed by atoms with Gasteiger partial charge in [-0.25, -0.2) is 8.96 Å². The molecule has 222 valence electrons. The number of aromatic nitrogens is 2. The number of halogens is 1. The second-order valence-corrected chi connectivity index (χ2v) is 13.4. The molecule has 0 saturated heterocycles. The molecule has 5 heteroatoms. The van der Waals surface area contributed by atoms with Crippen molar-refractivity contribution in [1.82, 2.24) is 4.57 Å². The van der Waals surface area contributed by atoms with E-state index >= 15 is 4.39 Å². The number of hydrogen-bond acceptors (Lipinski definition) is 2. The van der Waals surface area contributed by atoms with Crippen LogP contribution in [0.4, 0.5) is 4.39 Å². The van der Waals surface area contributed by atoms with E-state index in [0.29, 0.717) is 35.0 Å². The number of rotatable bonds is 3. The summed E-state index contributed by atoms with van der Waals surface area (Å²) in [7, 11) is 2.10. The maximum atomic E-state index is 16.4. The lowest BCUT2D eigenvalue weighted by Crippen LogP contribution is -2.30. The molecule has 0 spiro atoms. The molecule has 1 fully saturated rings. The van der Waals surface area contributed by atoms with Crippen LogP contribution in [0.3, 0.4) is 0 Å². The normalized spacial score (nSPS) is 16.0. The summed E-state index contributed by atoms with van der Waals surface area (Å²) in [5, 5.41) is 2.10. The molecule has 0 N–H and O–H groups in total. The molecular formula is C39H38FN2O2+. The molecule has 1 aliphatic carbocycles. The van der Waals surface area contributed by atoms with Crippen molar-refractivity contribution in [3.63, 3.8) is 0 Å². The summed E-state index contributed by atoms with van der Waals surface area (Å²) in [6.45, 7) is 8.85. The first-order chi connectivity index (χ1) is 21.6. The third-order valence-corrected chi connectivity index (χ3v) is 9.58. The standard InChI is InChI=1S/C39H38FN2O2/c1-23-19-20-25-26-21-22-31-33(34(40)35(43-31)24-13-7-6-8-14-24)37(26)44-36(25)32(23)38-41(5)29-17-11-12-18-30(29)42(38)28-16-10-9-15-27(28)39(2,3)4/h9-12,15-22,24H,6-8,13-14H2,1-5H3/q+1/i24D. The zero-order valence-corrected chi connectivity index (χ0v) is 26.1. The second-order valence-electron chi connectivity index (χ2n) is 13.4. The van der Waals surface area contributed by atoms with Gasteiger partial charge >= 0.3 is 0 Å². The summed E-state index contributed by atoms with van der Waals surface area (Å²) >= 11 is 0. The molecule has 0 unspecified atom stereocenters. The van der Waals surface area contributed by atoms with Crippen molar-refractivity contribution < 1.29 is 19.2 Å². The monoisotopic (exact) mass is 586 g/mol. The minimum atomic E-state index is -1.05. The lowest BCUT2D eigenvalue weighted by molar-refractivity contribution is -0.633. The van der Waals surface area contributed by atoms with Gasteiger partial charge in [0.15, 0.2) is 22.4 Å². The first kappa shape index (κ1) is 26.1. The van der Waals surface area contributed by atoms with Crippen LogP contribution >= 0.6 is 0 Å². The van der Waals surface area contributed by atoms with Crippen LogP contribution in [0.25, 0.3) is 61.0 Å². The lowest BCUT2D eigenvalue weighted by atomic mass is 9.85. The Hall–Kier alpha value is -4.38. The molecule has 8 rings (SSSR count). The lowest BCUT2D eigenvalue weighted by Gasteiger charge is -2.21. The van der Waals surface area contributed by atoms with E-state index in [-0.39, 0.29) is 11.2 Å². The van der Waals surface area contributed by atoms with Crippen molar-refractivity contribution in [2.75, 3.05) is 0 Å². The van der Waals surface area contributed by atoms with Crippen molar-refractivity contribution >= 4 is 43.9 Å². The van der Waals surface area contributed by atoms with Crippen LogP contribution in [-0.2, 0) is 12.5 Å². The fourth-order valence-electron chi connectivity index (χ4n) is 7.40. The van der Waals surface area contributed by atoms with E-state index in [1.807, 2.05) is 12.1 Å². The molecule has 3 aromatic heterocycles. The maximum Gasteiger partial charge on any atom is 0.298 e. The van der Waals surface area contributed by atoms with Crippen molar-refractivity contribution in [3.8, 4) is 17.1 Å². The maximum absolute atomic E-state index is 16.4. The molecule has 0 aliphatic heterocycles. The Morgan fingerprint density at radius 2 is 1.57 bits per heavy atom. The van der Waals surface area contributed by atoms with Crippen LogP contribution in [0.5, 0.6) is 0 Å². The Kier molecular flexibility index (Phi) is 5.81. The number of imidazole rings is 1. The number of fused-ring (bicyclic) bond motifs is 6. The van der Waals surface area contributed by atoms with E-state index in [1.54, 1.807) is 0 Å². The smallest absolute Gasteiger partial charge is 0.298 e. The molecule has 0 bridgehead atoms. The highest BCUT2D eigenvalue weighted by atomic mass is 19.1. The predicted molar refractivity (Wildman–Crippen MR) is 176 cm³/mol. The van der Waals surface area contributed by atoms with Gasteiger partial charge in [0.25, 0.3) is 5.82 Å². The largest absolute Gasteiger partial charge is 0.457 e. The number of aryl methyl sites for hydroxylation is 2. The molecule has 3 heterocycles. The predicted octanol–water partition coefficient (Wildman–Crippen LogP) is 10.6. The number of benzene rings is 4. The van der Waals surface area contributed by atoms with E-state index in [4.69, 9.17) is 10.2 Å². The van der Waals surface area contributed by atoms with E-state index in [1.165, 1.54) is 5.56 Å². The third-order valence-electron chi connectivity index (χ3n) is 9.58. The minimum Gasteiger partial charge on any atom is -0.457 e. The van der Waals surface area contributed by atoms with Crippen LogP contribution in [0.1, 0.15) is 77.0 Å². The van der Waals surface area contributed by atoms with E-state index < -0.39 is 11.7 Å². The van der Waals surface area contributed by atoms with Crippen molar-refractivity contribution in [1.29, 1.82) is 0 Å². The fourth-order valence-corrected chi connectivity index (χ4v) is 7.40. The summed E-state index contributed by atoms with van der Waals surface area (Å²) in [4.78, 5) is 0. The molecule has 4 aromatic carbocycles. The minimum absolute atomic E-state index is 0.0894. The molecule has 0 amide bonds. The summed E-state index contributed by atoms with van der Waals surface area (Å²) in [6, 6.07) is 25.1. The van der Waals surface area contributed by atoms with Crippen LogP contribution in [0, 0.1) is 12.7 Å². The van der Waals surface area contributed by atoms with Crippen LogP contribution in [0.15, 0.2) is 81.6 Å². The third kappa shape index (κ3) is 3.91. The van der Waals surface area contributed by atoms with Crippen molar-refractivity contribution in [2.45, 2.75) is 71.1 Å². The van der Waals surface area contributed by atoms with Gasteiger partial charge in [0, 0.05) is 23.6 Å². The Bertz CT molecular complexity index is 2290. The van der Waals surface area contributed by atoms with Crippen molar-refractivity contribution in [3.05, 3.63) is 95.5 Å². The van der Waals surface area contributed by atoms with Gasteiger partial charge in [-0.1, -0.05) is 82.5 Å². The highest BCUT2D eigenvalue weighted by Gasteiger charge is 2.34. The van der Waals surface area contributed by atoms with Gasteiger partial charge in [-0.15, -0.1) is 0 Å². The van der Waals surface area contributed by atoms with Gasteiger partial charge in [0.2, 0.25) is 0 Å². The number of furan rings is 2. The zero-order valence-electron chi connectivity index (χ0n) is 27.1. The molecule has 7 aromatic rings. The summed E-state index contributed by atoms with van der Waals surface area (Å²) in [5.74, 6) is -0.362. The SMILES string of the molecule is [2H]C1(c2oc3ccc4c5ccc(C)c(-c6n(-c7ccccc7C(C)(C)C)c7ccccc7[n+]6C)c5oc4c3c2F)CCCCC1. The average Bonchev–Trinajstić information content (AvgIpc) is 3.66. The van der Waals surface area contributed by atoms with Crippen LogP contribution in [-0.4, -0.2) is 4.57 Å². The van der Waals surface area contributed by atoms with Gasteiger partial charge in [0.05, 0.1) is 12.4 Å². The van der Waals surface area contributed by atoms with Crippen molar-refractivity contribution in [2.24, 2.45) is 7.05 Å². The number of hydrogen-bond donors (Lipinski definition) is 0. The Morgan fingerprint density at radius 1 is 0.864 bits per heavy atom. The molecule has 44 heavy (non-hydrogen) atoms. The highest BCUT2D eigenvalue weighted by Crippen LogP contribution is 2.45. The fraction of sp³-hybridized carbons (Fsp3) is 0.308. The van der Waals surface area contributed by atoms with Gasteiger partial charge in [0.1, 0.15) is 28.2 Å². The second kappa shape index (κ2) is 9.82. The molecular weight excluding hydrogens is 547 g/mol. The molecule has 4 nitrogen and oxygen atoms in total. The van der Waals surface area contributed by atoms with Gasteiger partial charge in [-0.05, 0) is 61.1 Å². The van der Waals surface area contributed by atoms with Gasteiger partial charge in [-0.3, -0.25) is 0 Å². The van der Waals surface area contributed by atoms with E-state index in [0.717, 1.165) is 63.7 Å². The van der Waals surface area contributed by atoms with Crippen LogP contribution in [0.2, 0.25) is 0 Å². The first-order valence-corrected chi connectivity index (χ1v) is 15.8. The van der Waals surface area contributed by atoms with Crippen LogP contribution < -0.4 is 4.57 Å². The average molecular weight is 587 g/mol. The van der Waals surface area contributed by atoms with E-state index in [2.05, 4.69) is 105 Å². The molecule has 1 aliphatic rings. The molecule has 0 atom stereocenters. The van der Waals surface area contributed by atoms with Gasteiger partial charge < -0.3 is 8.83 Å². The summed E-state index contributed by atoms with van der Waals surface area (Å²) in [6.07, 6.45) is 4.10. The zero-order chi connectivity index (χ0) is 31.2. The molecule has 0 radical (unpaired) electrons. The van der Waals surface area contributed by atoms with Gasteiger partial charge in [-0.2, -0.15) is 4.57 Å². The summed E-state index contributed by atoms with van der Waals surface area (Å²) < 4.78 is 43.0. The van der Waals surface area contributed by atoms with E-state index in [9.17, 15) is 0 Å².